The van der Waals surface area contributed by atoms with Gasteiger partial charge >= 0.3 is 0 Å². The van der Waals surface area contributed by atoms with E-state index in [1.165, 1.54) is 4.90 Å². The van der Waals surface area contributed by atoms with Crippen molar-refractivity contribution in [2.45, 2.75) is 18.6 Å². The number of hydrogen-bond donors (Lipinski definition) is 1. The van der Waals surface area contributed by atoms with Gasteiger partial charge in [0.2, 0.25) is 0 Å². The van der Waals surface area contributed by atoms with Gasteiger partial charge in [-0.05, 0) is 35.9 Å². The van der Waals surface area contributed by atoms with E-state index in [2.05, 4.69) is 15.9 Å². The summed E-state index contributed by atoms with van der Waals surface area (Å²) in [6, 6.07) is 18.9. The number of carbonyl (C=O) groups excluding carboxylic acids is 2. The molecule has 1 unspecified atom stereocenters. The second kappa shape index (κ2) is 8.16. The van der Waals surface area contributed by atoms with E-state index in [1.807, 2.05) is 0 Å². The molecule has 0 aliphatic carbocycles. The smallest absolute Gasteiger partial charge is 0.264 e. The molecule has 7 heteroatoms. The van der Waals surface area contributed by atoms with Gasteiger partial charge in [0.15, 0.2) is 11.4 Å². The van der Waals surface area contributed by atoms with Crippen LogP contribution in [0.1, 0.15) is 27.9 Å². The van der Waals surface area contributed by atoms with Crippen molar-refractivity contribution in [1.82, 2.24) is 0 Å². The third-order valence-electron chi connectivity index (χ3n) is 5.15. The lowest BCUT2D eigenvalue weighted by Crippen LogP contribution is -2.41. The zero-order valence-electron chi connectivity index (χ0n) is 15.6. The van der Waals surface area contributed by atoms with Crippen LogP contribution in [-0.2, 0) is 16.9 Å². The second-order valence-corrected chi connectivity index (χ2v) is 8.87. The van der Waals surface area contributed by atoms with E-state index < -0.39 is 11.5 Å². The highest BCUT2D eigenvalue weighted by Gasteiger charge is 2.51. The third kappa shape index (κ3) is 3.79. The van der Waals surface area contributed by atoms with E-state index in [-0.39, 0.29) is 18.7 Å². The van der Waals surface area contributed by atoms with Crippen LogP contribution >= 0.6 is 39.1 Å². The van der Waals surface area contributed by atoms with Crippen LogP contribution in [0.25, 0.3) is 0 Å². The molecule has 1 aliphatic rings. The standard InChI is InChI=1S/C23H16BrCl2NO3/c24-16-7-9-20-18(10-16)23(30,12-21(28)14-4-2-1-3-5-14)22(29)27(20)13-15-6-8-17(25)11-19(15)26/h1-11,30H,12-13H2. The van der Waals surface area contributed by atoms with Gasteiger partial charge in [0.25, 0.3) is 5.91 Å². The number of rotatable bonds is 5. The summed E-state index contributed by atoms with van der Waals surface area (Å²) in [6.45, 7) is 0.144. The predicted molar refractivity (Wildman–Crippen MR) is 121 cm³/mol. The molecule has 1 N–H and O–H groups in total. The van der Waals surface area contributed by atoms with E-state index >= 15 is 0 Å². The van der Waals surface area contributed by atoms with Gasteiger partial charge in [0, 0.05) is 25.6 Å². The highest BCUT2D eigenvalue weighted by Crippen LogP contribution is 2.45. The second-order valence-electron chi connectivity index (χ2n) is 7.11. The van der Waals surface area contributed by atoms with Crippen molar-refractivity contribution in [2.24, 2.45) is 0 Å². The van der Waals surface area contributed by atoms with Crippen LogP contribution in [0.4, 0.5) is 5.69 Å². The minimum Gasteiger partial charge on any atom is -0.375 e. The summed E-state index contributed by atoms with van der Waals surface area (Å²) < 4.78 is 0.700. The number of aliphatic hydroxyl groups is 1. The van der Waals surface area contributed by atoms with E-state index in [0.29, 0.717) is 36.9 Å². The fraction of sp³-hybridized carbons (Fsp3) is 0.130. The average Bonchev–Trinajstić information content (AvgIpc) is 2.92. The molecule has 0 fully saturated rings. The lowest BCUT2D eigenvalue weighted by molar-refractivity contribution is -0.136. The highest BCUT2D eigenvalue weighted by molar-refractivity contribution is 9.10. The lowest BCUT2D eigenvalue weighted by atomic mass is 9.88. The SMILES string of the molecule is O=C(CC1(O)C(=O)N(Cc2ccc(Cl)cc2Cl)c2ccc(Br)cc21)c1ccccc1. The molecule has 1 atom stereocenters. The summed E-state index contributed by atoms with van der Waals surface area (Å²) >= 11 is 15.7. The fourth-order valence-corrected chi connectivity index (χ4v) is 4.46. The van der Waals surface area contributed by atoms with Crippen molar-refractivity contribution in [3.8, 4) is 0 Å². The first-order chi connectivity index (χ1) is 14.3. The molecule has 4 rings (SSSR count). The molecule has 1 aliphatic heterocycles. The van der Waals surface area contributed by atoms with Gasteiger partial charge in [0.1, 0.15) is 0 Å². The zero-order chi connectivity index (χ0) is 21.5. The van der Waals surface area contributed by atoms with Crippen molar-refractivity contribution in [3.63, 3.8) is 0 Å². The van der Waals surface area contributed by atoms with Gasteiger partial charge < -0.3 is 10.0 Å². The molecule has 30 heavy (non-hydrogen) atoms. The zero-order valence-corrected chi connectivity index (χ0v) is 18.7. The fourth-order valence-electron chi connectivity index (χ4n) is 3.63. The van der Waals surface area contributed by atoms with Crippen molar-refractivity contribution in [2.75, 3.05) is 4.90 Å². The van der Waals surface area contributed by atoms with Crippen molar-refractivity contribution < 1.29 is 14.7 Å². The Hall–Kier alpha value is -2.18. The number of fused-ring (bicyclic) bond motifs is 1. The van der Waals surface area contributed by atoms with Gasteiger partial charge in [-0.2, -0.15) is 0 Å². The molecular weight excluding hydrogens is 489 g/mol. The topological polar surface area (TPSA) is 57.6 Å². The molecule has 4 nitrogen and oxygen atoms in total. The molecule has 1 heterocycles. The van der Waals surface area contributed by atoms with Crippen LogP contribution in [0.2, 0.25) is 10.0 Å². The number of halogens is 3. The summed E-state index contributed by atoms with van der Waals surface area (Å²) in [5, 5.41) is 12.4. The molecule has 0 saturated heterocycles. The number of Topliss-reactive ketones (excluding diaryl/α,β-unsaturated/α-hetero) is 1. The first kappa shape index (κ1) is 21.1. The normalized spacial score (nSPS) is 17.9. The first-order valence-corrected chi connectivity index (χ1v) is 10.7. The largest absolute Gasteiger partial charge is 0.375 e. The van der Waals surface area contributed by atoms with Gasteiger partial charge in [0.05, 0.1) is 18.7 Å². The highest BCUT2D eigenvalue weighted by atomic mass is 79.9. The maximum Gasteiger partial charge on any atom is 0.264 e. The molecule has 0 bridgehead atoms. The lowest BCUT2D eigenvalue weighted by Gasteiger charge is -2.23. The van der Waals surface area contributed by atoms with Crippen LogP contribution in [-0.4, -0.2) is 16.8 Å². The molecule has 3 aromatic carbocycles. The Morgan fingerprint density at radius 3 is 2.47 bits per heavy atom. The summed E-state index contributed by atoms with van der Waals surface area (Å²) in [5.41, 5.74) is 0.0792. The maximum atomic E-state index is 13.4. The summed E-state index contributed by atoms with van der Waals surface area (Å²) in [4.78, 5) is 27.7. The van der Waals surface area contributed by atoms with Gasteiger partial charge in [-0.3, -0.25) is 9.59 Å². The number of ketones is 1. The van der Waals surface area contributed by atoms with Crippen LogP contribution in [0.5, 0.6) is 0 Å². The van der Waals surface area contributed by atoms with Gasteiger partial charge in [-0.1, -0.05) is 75.5 Å². The first-order valence-electron chi connectivity index (χ1n) is 9.16. The number of hydrogen-bond acceptors (Lipinski definition) is 3. The monoisotopic (exact) mass is 503 g/mol. The van der Waals surface area contributed by atoms with Crippen LogP contribution < -0.4 is 4.90 Å². The van der Waals surface area contributed by atoms with Crippen molar-refractivity contribution in [3.05, 3.63) is 97.9 Å². The number of nitrogens with zero attached hydrogens (tertiary/aromatic N) is 1. The molecule has 0 saturated carbocycles. The Kier molecular flexibility index (Phi) is 5.73. The van der Waals surface area contributed by atoms with Crippen LogP contribution in [0, 0.1) is 0 Å². The molecule has 0 radical (unpaired) electrons. The van der Waals surface area contributed by atoms with Crippen LogP contribution in [0.3, 0.4) is 0 Å². The predicted octanol–water partition coefficient (Wildman–Crippen LogP) is 5.76. The number of anilines is 1. The minimum absolute atomic E-state index is 0.144. The molecule has 0 aromatic heterocycles. The Morgan fingerprint density at radius 2 is 1.77 bits per heavy atom. The Balaban J connectivity index is 1.73. The van der Waals surface area contributed by atoms with E-state index in [0.717, 1.165) is 0 Å². The van der Waals surface area contributed by atoms with Crippen molar-refractivity contribution >= 4 is 56.5 Å². The molecule has 0 spiro atoms. The Labute approximate surface area is 192 Å². The average molecular weight is 505 g/mol. The van der Waals surface area contributed by atoms with Gasteiger partial charge in [-0.25, -0.2) is 0 Å². The van der Waals surface area contributed by atoms with Crippen molar-refractivity contribution in [1.29, 1.82) is 0 Å². The number of amides is 1. The Morgan fingerprint density at radius 1 is 1.03 bits per heavy atom. The van der Waals surface area contributed by atoms with E-state index in [1.54, 1.807) is 66.7 Å². The maximum absolute atomic E-state index is 13.4. The molecule has 3 aromatic rings. The number of benzene rings is 3. The quantitative estimate of drug-likeness (QED) is 0.449. The summed E-state index contributed by atoms with van der Waals surface area (Å²) in [6.07, 6.45) is -0.357. The van der Waals surface area contributed by atoms with E-state index in [4.69, 9.17) is 23.2 Å². The summed E-state index contributed by atoms with van der Waals surface area (Å²) in [5.74, 6) is -0.880. The minimum atomic E-state index is -1.97. The Bertz CT molecular complexity index is 1150. The van der Waals surface area contributed by atoms with Crippen LogP contribution in [0.15, 0.2) is 71.2 Å². The molecular formula is C23H16BrCl2NO3. The molecule has 152 valence electrons. The molecule has 1 amide bonds. The number of carbonyl (C=O) groups is 2. The van der Waals surface area contributed by atoms with Gasteiger partial charge in [-0.15, -0.1) is 0 Å². The third-order valence-corrected chi connectivity index (χ3v) is 6.23. The van der Waals surface area contributed by atoms with E-state index in [9.17, 15) is 14.7 Å². The summed E-state index contributed by atoms with van der Waals surface area (Å²) in [7, 11) is 0.